The monoisotopic (exact) mass is 378 g/mol. The van der Waals surface area contributed by atoms with Crippen LogP contribution in [-0.4, -0.2) is 29.4 Å². The lowest BCUT2D eigenvalue weighted by atomic mass is 10.0. The van der Waals surface area contributed by atoms with Crippen molar-refractivity contribution in [3.05, 3.63) is 0 Å². The molecular formula is C20H42O4S. The van der Waals surface area contributed by atoms with E-state index in [1.54, 1.807) is 0 Å². The van der Waals surface area contributed by atoms with Gasteiger partial charge in [0.2, 0.25) is 0 Å². The van der Waals surface area contributed by atoms with Gasteiger partial charge in [0.1, 0.15) is 0 Å². The average Bonchev–Trinajstić information content (AvgIpc) is 2.56. The van der Waals surface area contributed by atoms with E-state index in [1.165, 1.54) is 38.5 Å². The van der Waals surface area contributed by atoms with Gasteiger partial charge in [0.15, 0.2) is 0 Å². The first-order valence-electron chi connectivity index (χ1n) is 10.6. The number of hydrogen-bond acceptors (Lipinski definition) is 3. The van der Waals surface area contributed by atoms with Gasteiger partial charge in [-0.15, -0.1) is 0 Å². The first kappa shape index (κ1) is 24.9. The average molecular weight is 379 g/mol. The second kappa shape index (κ2) is 16.1. The molecular weight excluding hydrogens is 336 g/mol. The van der Waals surface area contributed by atoms with E-state index in [0.717, 1.165) is 51.4 Å². The number of hydrogen-bond donors (Lipinski definition) is 2. The Morgan fingerprint density at radius 2 is 1.08 bits per heavy atom. The predicted octanol–water partition coefficient (Wildman–Crippen LogP) is 5.89. The smallest absolute Gasteiger partial charge is 0.267 e. The summed E-state index contributed by atoms with van der Waals surface area (Å²) < 4.78 is 32.0. The zero-order chi connectivity index (χ0) is 19.0. The highest BCUT2D eigenvalue weighted by molar-refractivity contribution is 7.86. The van der Waals surface area contributed by atoms with E-state index in [1.807, 2.05) is 13.8 Å². The van der Waals surface area contributed by atoms with Gasteiger partial charge < -0.3 is 5.11 Å². The van der Waals surface area contributed by atoms with Gasteiger partial charge in [-0.25, -0.2) is 0 Å². The molecule has 0 bridgehead atoms. The van der Waals surface area contributed by atoms with Crippen molar-refractivity contribution in [2.75, 3.05) is 0 Å². The standard InChI is InChI=1S/C20H42O4S/c1-3-5-17-20(25(22,23)24)18-15-13-11-9-7-6-8-10-12-14-16-19(21)4-2/h19-21H,3-18H2,1-2H3,(H,22,23,24). The molecule has 0 aromatic rings. The van der Waals surface area contributed by atoms with Crippen LogP contribution in [0, 0.1) is 0 Å². The highest BCUT2D eigenvalue weighted by Gasteiger charge is 2.21. The Labute approximate surface area is 156 Å². The maximum atomic E-state index is 11.3. The fourth-order valence-corrected chi connectivity index (χ4v) is 4.17. The quantitative estimate of drug-likeness (QED) is 0.230. The first-order chi connectivity index (χ1) is 11.9. The van der Waals surface area contributed by atoms with E-state index in [9.17, 15) is 18.1 Å². The Morgan fingerprint density at radius 3 is 1.48 bits per heavy atom. The fourth-order valence-electron chi connectivity index (χ4n) is 3.24. The first-order valence-corrected chi connectivity index (χ1v) is 12.1. The molecule has 0 rings (SSSR count). The van der Waals surface area contributed by atoms with E-state index < -0.39 is 15.4 Å². The third-order valence-corrected chi connectivity index (χ3v) is 6.40. The molecule has 0 radical (unpaired) electrons. The molecule has 5 heteroatoms. The van der Waals surface area contributed by atoms with Crippen LogP contribution in [0.1, 0.15) is 117 Å². The SMILES string of the molecule is CCCCC(CCCCCCCCCCCCC(O)CC)S(=O)(=O)O. The maximum absolute atomic E-state index is 11.3. The summed E-state index contributed by atoms with van der Waals surface area (Å²) in [5, 5.41) is 8.92. The minimum absolute atomic E-state index is 0.109. The van der Waals surface area contributed by atoms with E-state index in [0.29, 0.717) is 12.8 Å². The lowest BCUT2D eigenvalue weighted by Gasteiger charge is -2.13. The number of aliphatic hydroxyl groups excluding tert-OH is 1. The molecule has 0 amide bonds. The van der Waals surface area contributed by atoms with Crippen LogP contribution in [0.5, 0.6) is 0 Å². The van der Waals surface area contributed by atoms with Gasteiger partial charge in [0.25, 0.3) is 10.1 Å². The van der Waals surface area contributed by atoms with Crippen molar-refractivity contribution in [2.24, 2.45) is 0 Å². The summed E-state index contributed by atoms with van der Waals surface area (Å²) in [4.78, 5) is 0. The van der Waals surface area contributed by atoms with Crippen LogP contribution in [0.4, 0.5) is 0 Å². The van der Waals surface area contributed by atoms with Gasteiger partial charge in [-0.2, -0.15) is 8.42 Å². The molecule has 2 atom stereocenters. The van der Waals surface area contributed by atoms with Crippen molar-refractivity contribution in [3.63, 3.8) is 0 Å². The molecule has 0 saturated heterocycles. The summed E-state index contributed by atoms with van der Waals surface area (Å²) in [6.45, 7) is 4.06. The Balaban J connectivity index is 3.45. The van der Waals surface area contributed by atoms with Crippen LogP contribution in [0.2, 0.25) is 0 Å². The molecule has 0 aromatic heterocycles. The van der Waals surface area contributed by atoms with Crippen LogP contribution < -0.4 is 0 Å². The zero-order valence-electron chi connectivity index (χ0n) is 16.6. The van der Waals surface area contributed by atoms with Crippen LogP contribution in [0.25, 0.3) is 0 Å². The number of rotatable bonds is 18. The summed E-state index contributed by atoms with van der Waals surface area (Å²) >= 11 is 0. The maximum Gasteiger partial charge on any atom is 0.267 e. The summed E-state index contributed by atoms with van der Waals surface area (Å²) in [7, 11) is -3.87. The Morgan fingerprint density at radius 1 is 0.680 bits per heavy atom. The summed E-state index contributed by atoms with van der Waals surface area (Å²) in [6.07, 6.45) is 16.5. The molecule has 0 aliphatic heterocycles. The minimum Gasteiger partial charge on any atom is -0.393 e. The van der Waals surface area contributed by atoms with Gasteiger partial charge in [-0.1, -0.05) is 90.9 Å². The molecule has 0 fully saturated rings. The highest BCUT2D eigenvalue weighted by atomic mass is 32.2. The third-order valence-electron chi connectivity index (χ3n) is 5.09. The second-order valence-corrected chi connectivity index (χ2v) is 9.15. The minimum atomic E-state index is -3.87. The molecule has 0 spiro atoms. The van der Waals surface area contributed by atoms with Gasteiger partial charge >= 0.3 is 0 Å². The number of unbranched alkanes of at least 4 members (excludes halogenated alkanes) is 10. The van der Waals surface area contributed by atoms with Gasteiger partial charge in [0, 0.05) is 0 Å². The molecule has 0 aliphatic carbocycles. The van der Waals surface area contributed by atoms with Crippen molar-refractivity contribution in [1.82, 2.24) is 0 Å². The summed E-state index contributed by atoms with van der Waals surface area (Å²) in [5.41, 5.74) is 0. The normalized spacial score (nSPS) is 14.6. The molecule has 2 unspecified atom stereocenters. The van der Waals surface area contributed by atoms with Crippen LogP contribution >= 0.6 is 0 Å². The predicted molar refractivity (Wildman–Crippen MR) is 107 cm³/mol. The van der Waals surface area contributed by atoms with Crippen molar-refractivity contribution in [3.8, 4) is 0 Å². The van der Waals surface area contributed by atoms with Crippen LogP contribution in [0.15, 0.2) is 0 Å². The fraction of sp³-hybridized carbons (Fsp3) is 1.00. The van der Waals surface area contributed by atoms with E-state index >= 15 is 0 Å². The van der Waals surface area contributed by atoms with Gasteiger partial charge in [0.05, 0.1) is 11.4 Å². The zero-order valence-corrected chi connectivity index (χ0v) is 17.4. The topological polar surface area (TPSA) is 74.6 Å². The van der Waals surface area contributed by atoms with E-state index in [-0.39, 0.29) is 6.10 Å². The Bertz CT molecular complexity index is 381. The Kier molecular flexibility index (Phi) is 16.0. The third kappa shape index (κ3) is 15.8. The largest absolute Gasteiger partial charge is 0.393 e. The lowest BCUT2D eigenvalue weighted by molar-refractivity contribution is 0.156. The molecule has 0 heterocycles. The molecule has 0 aromatic carbocycles. The van der Waals surface area contributed by atoms with Crippen molar-refractivity contribution < 1.29 is 18.1 Å². The van der Waals surface area contributed by atoms with Crippen molar-refractivity contribution in [2.45, 2.75) is 128 Å². The van der Waals surface area contributed by atoms with Crippen LogP contribution in [-0.2, 0) is 10.1 Å². The van der Waals surface area contributed by atoms with E-state index in [4.69, 9.17) is 0 Å². The molecule has 152 valence electrons. The van der Waals surface area contributed by atoms with Crippen molar-refractivity contribution in [1.29, 1.82) is 0 Å². The molecule has 2 N–H and O–H groups in total. The molecule has 0 saturated carbocycles. The van der Waals surface area contributed by atoms with Crippen LogP contribution in [0.3, 0.4) is 0 Å². The molecule has 0 aliphatic rings. The van der Waals surface area contributed by atoms with Gasteiger partial charge in [-0.3, -0.25) is 4.55 Å². The van der Waals surface area contributed by atoms with E-state index in [2.05, 4.69) is 0 Å². The molecule has 4 nitrogen and oxygen atoms in total. The molecule has 25 heavy (non-hydrogen) atoms. The number of aliphatic hydroxyl groups is 1. The summed E-state index contributed by atoms with van der Waals surface area (Å²) in [5.74, 6) is 0. The highest BCUT2D eigenvalue weighted by Crippen LogP contribution is 2.18. The Hall–Kier alpha value is -0.130. The summed E-state index contributed by atoms with van der Waals surface area (Å²) in [6, 6.07) is 0. The van der Waals surface area contributed by atoms with Crippen molar-refractivity contribution >= 4 is 10.1 Å². The lowest BCUT2D eigenvalue weighted by Crippen LogP contribution is -2.20. The second-order valence-electron chi connectivity index (χ2n) is 7.45. The van der Waals surface area contributed by atoms with Gasteiger partial charge in [-0.05, 0) is 25.7 Å².